The van der Waals surface area contributed by atoms with Crippen molar-refractivity contribution < 1.29 is 9.59 Å². The molecule has 0 bridgehead atoms. The molecule has 2 heterocycles. The molecule has 0 aliphatic carbocycles. The quantitative estimate of drug-likeness (QED) is 0.441. The fourth-order valence-corrected chi connectivity index (χ4v) is 4.63. The van der Waals surface area contributed by atoms with E-state index in [1.54, 1.807) is 4.90 Å². The van der Waals surface area contributed by atoms with E-state index >= 15 is 0 Å². The fraction of sp³-hybridized carbons (Fsp3) is 0.240. The van der Waals surface area contributed by atoms with Crippen molar-refractivity contribution >= 4 is 28.1 Å². The van der Waals surface area contributed by atoms with Gasteiger partial charge in [0.25, 0.3) is 11.8 Å². The number of thiazole rings is 1. The molecule has 2 aromatic heterocycles. The number of hydrogen-bond acceptors (Lipinski definition) is 4. The molecule has 164 valence electrons. The Labute approximate surface area is 191 Å². The molecule has 0 aliphatic heterocycles. The number of imidazole rings is 1. The number of amides is 2. The van der Waals surface area contributed by atoms with Crippen LogP contribution in [-0.2, 0) is 6.42 Å². The Morgan fingerprint density at radius 2 is 1.78 bits per heavy atom. The molecule has 2 amide bonds. The third-order valence-corrected chi connectivity index (χ3v) is 6.37. The van der Waals surface area contributed by atoms with Gasteiger partial charge in [-0.05, 0) is 37.5 Å². The number of rotatable bonds is 8. The Bertz CT molecular complexity index is 1200. The molecule has 0 spiro atoms. The number of carbonyl (C=O) groups excluding carboxylic acids is 2. The minimum absolute atomic E-state index is 0.0236. The first-order valence-corrected chi connectivity index (χ1v) is 11.5. The monoisotopic (exact) mass is 446 g/mol. The summed E-state index contributed by atoms with van der Waals surface area (Å²) in [6.07, 6.45) is 3.21. The van der Waals surface area contributed by atoms with Gasteiger partial charge >= 0.3 is 0 Å². The van der Waals surface area contributed by atoms with Crippen LogP contribution >= 0.6 is 11.3 Å². The van der Waals surface area contributed by atoms with Crippen molar-refractivity contribution in [3.8, 4) is 0 Å². The molecule has 0 unspecified atom stereocenters. The molecular formula is C25H26N4O2S. The van der Waals surface area contributed by atoms with Crippen LogP contribution in [-0.4, -0.2) is 45.7 Å². The van der Waals surface area contributed by atoms with E-state index in [0.29, 0.717) is 36.3 Å². The van der Waals surface area contributed by atoms with Gasteiger partial charge in [-0.2, -0.15) is 0 Å². The molecule has 32 heavy (non-hydrogen) atoms. The highest BCUT2D eigenvalue weighted by Crippen LogP contribution is 2.17. The summed E-state index contributed by atoms with van der Waals surface area (Å²) in [5.41, 5.74) is 3.09. The highest BCUT2D eigenvalue weighted by molar-refractivity contribution is 7.15. The minimum Gasteiger partial charge on any atom is -0.351 e. The van der Waals surface area contributed by atoms with E-state index in [2.05, 4.69) is 22.4 Å². The molecule has 0 fully saturated rings. The van der Waals surface area contributed by atoms with Gasteiger partial charge in [-0.25, -0.2) is 4.98 Å². The van der Waals surface area contributed by atoms with Gasteiger partial charge in [0.05, 0.1) is 5.69 Å². The summed E-state index contributed by atoms with van der Waals surface area (Å²) in [6.45, 7) is 2.30. The summed E-state index contributed by atoms with van der Waals surface area (Å²) in [5, 5.41) is 4.94. The first-order valence-electron chi connectivity index (χ1n) is 10.6. The number of aromatic nitrogens is 2. The Morgan fingerprint density at radius 3 is 2.50 bits per heavy atom. The van der Waals surface area contributed by atoms with Crippen molar-refractivity contribution in [2.75, 3.05) is 13.6 Å². The molecule has 0 radical (unpaired) electrons. The standard InChI is InChI=1S/C25H26N4O2S/c1-18-22(29-15-16-32-25(29)27-18)23(30)26-14-13-21(17-19-9-5-3-6-10-19)28(2)24(31)20-11-7-4-8-12-20/h3-12,15-16,21H,13-14,17H2,1-2H3,(H,26,30)/t21-/m1/s1. The van der Waals surface area contributed by atoms with Crippen LogP contribution in [0.2, 0.25) is 0 Å². The average molecular weight is 447 g/mol. The first kappa shape index (κ1) is 21.8. The van der Waals surface area contributed by atoms with Crippen molar-refractivity contribution in [1.29, 1.82) is 0 Å². The Hall–Kier alpha value is -3.45. The Balaban J connectivity index is 1.46. The number of aryl methyl sites for hydroxylation is 1. The molecule has 0 aliphatic rings. The number of nitrogens with one attached hydrogen (secondary N) is 1. The molecule has 4 aromatic rings. The van der Waals surface area contributed by atoms with Crippen LogP contribution in [0.1, 0.15) is 38.5 Å². The molecule has 0 saturated heterocycles. The van der Waals surface area contributed by atoms with Gasteiger partial charge in [-0.3, -0.25) is 14.0 Å². The normalized spacial score (nSPS) is 11.9. The van der Waals surface area contributed by atoms with Gasteiger partial charge in [-0.15, -0.1) is 11.3 Å². The lowest BCUT2D eigenvalue weighted by molar-refractivity contribution is 0.0723. The highest BCUT2D eigenvalue weighted by Gasteiger charge is 2.23. The second-order valence-electron chi connectivity index (χ2n) is 7.77. The van der Waals surface area contributed by atoms with Gasteiger partial charge in [0.2, 0.25) is 0 Å². The smallest absolute Gasteiger partial charge is 0.270 e. The minimum atomic E-state index is -0.149. The third-order valence-electron chi connectivity index (χ3n) is 5.62. The van der Waals surface area contributed by atoms with Gasteiger partial charge in [-0.1, -0.05) is 48.5 Å². The van der Waals surface area contributed by atoms with E-state index < -0.39 is 0 Å². The van der Waals surface area contributed by atoms with Crippen molar-refractivity contribution in [1.82, 2.24) is 19.6 Å². The zero-order valence-corrected chi connectivity index (χ0v) is 19.0. The van der Waals surface area contributed by atoms with Crippen molar-refractivity contribution in [3.05, 3.63) is 94.8 Å². The van der Waals surface area contributed by atoms with Crippen LogP contribution in [0.4, 0.5) is 0 Å². The number of fused-ring (bicyclic) bond motifs is 1. The van der Waals surface area contributed by atoms with E-state index in [-0.39, 0.29) is 17.9 Å². The van der Waals surface area contributed by atoms with Crippen LogP contribution in [0.15, 0.2) is 72.2 Å². The van der Waals surface area contributed by atoms with Crippen LogP contribution in [0, 0.1) is 6.92 Å². The first-order chi connectivity index (χ1) is 15.5. The maximum absolute atomic E-state index is 13.0. The van der Waals surface area contributed by atoms with Gasteiger partial charge in [0.1, 0.15) is 5.69 Å². The SMILES string of the molecule is Cc1nc2sccn2c1C(=O)NCC[C@H](Cc1ccccc1)N(C)C(=O)c1ccccc1. The largest absolute Gasteiger partial charge is 0.351 e. The van der Waals surface area contributed by atoms with E-state index in [9.17, 15) is 9.59 Å². The van der Waals surface area contributed by atoms with Gasteiger partial charge < -0.3 is 10.2 Å². The molecule has 0 saturated carbocycles. The summed E-state index contributed by atoms with van der Waals surface area (Å²) in [4.78, 5) is 32.9. The van der Waals surface area contributed by atoms with E-state index in [0.717, 1.165) is 10.5 Å². The third kappa shape index (κ3) is 4.73. The topological polar surface area (TPSA) is 66.7 Å². The Kier molecular flexibility index (Phi) is 6.66. The number of carbonyl (C=O) groups is 2. The summed E-state index contributed by atoms with van der Waals surface area (Å²) in [5.74, 6) is -0.173. The van der Waals surface area contributed by atoms with E-state index in [4.69, 9.17) is 0 Å². The summed E-state index contributed by atoms with van der Waals surface area (Å²) >= 11 is 1.50. The van der Waals surface area contributed by atoms with E-state index in [1.165, 1.54) is 11.3 Å². The average Bonchev–Trinajstić information content (AvgIpc) is 3.38. The van der Waals surface area contributed by atoms with Crippen molar-refractivity contribution in [2.24, 2.45) is 0 Å². The predicted molar refractivity (Wildman–Crippen MR) is 127 cm³/mol. The number of benzene rings is 2. The van der Waals surface area contributed by atoms with Gasteiger partial charge in [0, 0.05) is 36.8 Å². The summed E-state index contributed by atoms with van der Waals surface area (Å²) < 4.78 is 1.82. The predicted octanol–water partition coefficient (Wildman–Crippen LogP) is 4.21. The molecule has 1 N–H and O–H groups in total. The van der Waals surface area contributed by atoms with Crippen LogP contribution < -0.4 is 5.32 Å². The molecule has 6 nitrogen and oxygen atoms in total. The molecular weight excluding hydrogens is 420 g/mol. The summed E-state index contributed by atoms with van der Waals surface area (Å²) in [6, 6.07) is 19.3. The highest BCUT2D eigenvalue weighted by atomic mass is 32.1. The zero-order valence-electron chi connectivity index (χ0n) is 18.2. The lowest BCUT2D eigenvalue weighted by Crippen LogP contribution is -2.41. The second-order valence-corrected chi connectivity index (χ2v) is 8.64. The van der Waals surface area contributed by atoms with Crippen molar-refractivity contribution in [2.45, 2.75) is 25.8 Å². The lowest BCUT2D eigenvalue weighted by Gasteiger charge is -2.29. The van der Waals surface area contributed by atoms with Crippen LogP contribution in [0.5, 0.6) is 0 Å². The van der Waals surface area contributed by atoms with Crippen molar-refractivity contribution in [3.63, 3.8) is 0 Å². The number of hydrogen-bond donors (Lipinski definition) is 1. The van der Waals surface area contributed by atoms with Crippen LogP contribution in [0.3, 0.4) is 0 Å². The summed E-state index contributed by atoms with van der Waals surface area (Å²) in [7, 11) is 1.83. The number of nitrogens with zero attached hydrogens (tertiary/aromatic N) is 3. The maximum Gasteiger partial charge on any atom is 0.270 e. The molecule has 4 rings (SSSR count). The number of likely N-dealkylation sites (N-methyl/N-ethyl adjacent to an activating group) is 1. The molecule has 2 aromatic carbocycles. The lowest BCUT2D eigenvalue weighted by atomic mass is 10.0. The molecule has 1 atom stereocenters. The fourth-order valence-electron chi connectivity index (χ4n) is 3.87. The Morgan fingerprint density at radius 1 is 1.09 bits per heavy atom. The van der Waals surface area contributed by atoms with Crippen LogP contribution in [0.25, 0.3) is 4.96 Å². The van der Waals surface area contributed by atoms with E-state index in [1.807, 2.05) is 78.5 Å². The zero-order chi connectivity index (χ0) is 22.5. The van der Waals surface area contributed by atoms with Gasteiger partial charge in [0.15, 0.2) is 4.96 Å². The maximum atomic E-state index is 13.0. The molecule has 7 heteroatoms. The second kappa shape index (κ2) is 9.78.